The minimum Gasteiger partial charge on any atom is -0.454 e. The van der Waals surface area contributed by atoms with E-state index in [1.54, 1.807) is 6.07 Å². The number of amides is 1. The second kappa shape index (κ2) is 6.88. The summed E-state index contributed by atoms with van der Waals surface area (Å²) in [6.07, 6.45) is 0.816. The molecule has 2 aliphatic heterocycles. The molecule has 2 heterocycles. The molecule has 5 rings (SSSR count). The first kappa shape index (κ1) is 19.7. The van der Waals surface area contributed by atoms with Crippen LogP contribution in [0.25, 0.3) is 0 Å². The maximum atomic E-state index is 13.8. The van der Waals surface area contributed by atoms with Gasteiger partial charge in [0.15, 0.2) is 11.5 Å². The van der Waals surface area contributed by atoms with Crippen LogP contribution in [0.4, 0.5) is 5.69 Å². The Balaban J connectivity index is 1.66. The van der Waals surface area contributed by atoms with E-state index in [0.29, 0.717) is 17.1 Å². The van der Waals surface area contributed by atoms with Gasteiger partial charge in [-0.05, 0) is 62.6 Å². The third kappa shape index (κ3) is 3.09. The van der Waals surface area contributed by atoms with Gasteiger partial charge in [-0.15, -0.1) is 0 Å². The molecular formula is C27H27NO3. The van der Waals surface area contributed by atoms with Gasteiger partial charge in [0.05, 0.1) is 0 Å². The van der Waals surface area contributed by atoms with Gasteiger partial charge in [-0.2, -0.15) is 0 Å². The first-order valence-corrected chi connectivity index (χ1v) is 10.7. The van der Waals surface area contributed by atoms with E-state index in [4.69, 9.17) is 9.47 Å². The molecule has 0 saturated heterocycles. The Morgan fingerprint density at radius 2 is 1.65 bits per heavy atom. The largest absolute Gasteiger partial charge is 0.454 e. The monoisotopic (exact) mass is 413 g/mol. The molecular weight excluding hydrogens is 386 g/mol. The second-order valence-electron chi connectivity index (χ2n) is 9.42. The van der Waals surface area contributed by atoms with Crippen LogP contribution in [-0.4, -0.2) is 18.2 Å². The predicted octanol–water partition coefficient (Wildman–Crippen LogP) is 5.86. The Labute approximate surface area is 183 Å². The minimum atomic E-state index is -0.389. The highest BCUT2D eigenvalue weighted by Crippen LogP contribution is 2.51. The lowest BCUT2D eigenvalue weighted by atomic mass is 9.65. The molecule has 0 aromatic heterocycles. The number of rotatable bonds is 2. The number of ether oxygens (including phenoxy) is 2. The van der Waals surface area contributed by atoms with Crippen molar-refractivity contribution in [2.75, 3.05) is 11.7 Å². The fourth-order valence-electron chi connectivity index (χ4n) is 5.26. The fourth-order valence-corrected chi connectivity index (χ4v) is 5.26. The van der Waals surface area contributed by atoms with Crippen molar-refractivity contribution < 1.29 is 14.3 Å². The topological polar surface area (TPSA) is 38.8 Å². The van der Waals surface area contributed by atoms with Crippen LogP contribution in [-0.2, 0) is 5.41 Å². The quantitative estimate of drug-likeness (QED) is 0.528. The number of fused-ring (bicyclic) bond motifs is 2. The average Bonchev–Trinajstić information content (AvgIpc) is 3.22. The highest BCUT2D eigenvalue weighted by molar-refractivity contribution is 6.08. The minimum absolute atomic E-state index is 0.0245. The maximum Gasteiger partial charge on any atom is 0.258 e. The summed E-state index contributed by atoms with van der Waals surface area (Å²) in [5.41, 5.74) is 4.63. The van der Waals surface area contributed by atoms with Crippen LogP contribution in [0.15, 0.2) is 66.7 Å². The summed E-state index contributed by atoms with van der Waals surface area (Å²) < 4.78 is 10.9. The molecule has 4 nitrogen and oxygen atoms in total. The lowest BCUT2D eigenvalue weighted by Crippen LogP contribution is -2.55. The van der Waals surface area contributed by atoms with Gasteiger partial charge in [-0.25, -0.2) is 0 Å². The Kier molecular flexibility index (Phi) is 4.37. The number of carbonyl (C=O) groups excluding carboxylic acids is 1. The molecule has 4 heteroatoms. The molecule has 158 valence electrons. The molecule has 2 aliphatic rings. The fraction of sp³-hybridized carbons (Fsp3) is 0.296. The van der Waals surface area contributed by atoms with Gasteiger partial charge in [-0.3, -0.25) is 4.79 Å². The second-order valence-corrected chi connectivity index (χ2v) is 9.42. The number of carbonyl (C=O) groups is 1. The van der Waals surface area contributed by atoms with Crippen LogP contribution in [0.3, 0.4) is 0 Å². The Morgan fingerprint density at radius 1 is 0.903 bits per heavy atom. The van der Waals surface area contributed by atoms with Crippen molar-refractivity contribution in [3.63, 3.8) is 0 Å². The highest BCUT2D eigenvalue weighted by atomic mass is 16.7. The van der Waals surface area contributed by atoms with Crippen molar-refractivity contribution in [3.8, 4) is 11.5 Å². The maximum absolute atomic E-state index is 13.8. The lowest BCUT2D eigenvalue weighted by Gasteiger charge is -2.51. The van der Waals surface area contributed by atoms with Gasteiger partial charge in [-0.1, -0.05) is 55.0 Å². The molecule has 0 spiro atoms. The summed E-state index contributed by atoms with van der Waals surface area (Å²) in [6, 6.07) is 22.5. The van der Waals surface area contributed by atoms with Crippen molar-refractivity contribution in [2.24, 2.45) is 0 Å². The van der Waals surface area contributed by atoms with E-state index in [1.165, 1.54) is 16.7 Å². The van der Waals surface area contributed by atoms with E-state index >= 15 is 0 Å². The third-order valence-corrected chi connectivity index (χ3v) is 6.61. The molecule has 31 heavy (non-hydrogen) atoms. The summed E-state index contributed by atoms with van der Waals surface area (Å²) in [7, 11) is 0. The Morgan fingerprint density at radius 3 is 2.42 bits per heavy atom. The number of benzene rings is 3. The number of aryl methyl sites for hydroxylation is 1. The molecule has 3 aromatic carbocycles. The Bertz CT molecular complexity index is 1170. The molecule has 0 N–H and O–H groups in total. The van der Waals surface area contributed by atoms with Gasteiger partial charge >= 0.3 is 0 Å². The van der Waals surface area contributed by atoms with E-state index in [9.17, 15) is 4.79 Å². The van der Waals surface area contributed by atoms with Crippen LogP contribution < -0.4 is 14.4 Å². The van der Waals surface area contributed by atoms with Crippen molar-refractivity contribution in [1.29, 1.82) is 0 Å². The third-order valence-electron chi connectivity index (χ3n) is 6.61. The zero-order chi connectivity index (χ0) is 21.8. The van der Waals surface area contributed by atoms with Crippen LogP contribution in [0, 0.1) is 6.92 Å². The summed E-state index contributed by atoms with van der Waals surface area (Å²) in [4.78, 5) is 15.8. The van der Waals surface area contributed by atoms with E-state index in [0.717, 1.165) is 12.1 Å². The Hall–Kier alpha value is -3.27. The van der Waals surface area contributed by atoms with Crippen LogP contribution in [0.1, 0.15) is 54.2 Å². The van der Waals surface area contributed by atoms with Crippen molar-refractivity contribution in [2.45, 2.75) is 45.1 Å². The SMILES string of the molecule is Cc1ccc2c(c1)[C@](C)(c1ccccc1)CC(C)(C)N2C(=O)c1ccc2c(c1)OCO2. The van der Waals surface area contributed by atoms with Crippen LogP contribution >= 0.6 is 0 Å². The number of hydrogen-bond donors (Lipinski definition) is 0. The molecule has 0 bridgehead atoms. The van der Waals surface area contributed by atoms with Gasteiger partial charge in [0.25, 0.3) is 5.91 Å². The smallest absolute Gasteiger partial charge is 0.258 e. The molecule has 0 saturated carbocycles. The molecule has 1 amide bonds. The van der Waals surface area contributed by atoms with E-state index in [-0.39, 0.29) is 23.7 Å². The summed E-state index contributed by atoms with van der Waals surface area (Å²) in [6.45, 7) is 8.91. The molecule has 3 aromatic rings. The molecule has 0 radical (unpaired) electrons. The standard InChI is InChI=1S/C27H27NO3/c1-18-10-12-22-21(14-18)27(4,20-8-6-5-7-9-20)16-26(2,3)28(22)25(29)19-11-13-23-24(15-19)31-17-30-23/h5-15H,16-17H2,1-4H3/t27-/m0/s1. The average molecular weight is 414 g/mol. The number of nitrogens with zero attached hydrogens (tertiary/aromatic N) is 1. The van der Waals surface area contributed by atoms with Crippen molar-refractivity contribution in [1.82, 2.24) is 0 Å². The van der Waals surface area contributed by atoms with E-state index in [2.05, 4.69) is 70.2 Å². The van der Waals surface area contributed by atoms with Gasteiger partial charge in [0.2, 0.25) is 6.79 Å². The van der Waals surface area contributed by atoms with Crippen LogP contribution in [0.5, 0.6) is 11.5 Å². The zero-order valence-electron chi connectivity index (χ0n) is 18.4. The van der Waals surface area contributed by atoms with E-state index < -0.39 is 0 Å². The molecule has 0 aliphatic carbocycles. The summed E-state index contributed by atoms with van der Waals surface area (Å²) in [5, 5.41) is 0. The van der Waals surface area contributed by atoms with Gasteiger partial charge in [0, 0.05) is 22.2 Å². The first-order chi connectivity index (χ1) is 14.8. The lowest BCUT2D eigenvalue weighted by molar-refractivity contribution is 0.0948. The zero-order valence-corrected chi connectivity index (χ0v) is 18.4. The molecule has 0 fully saturated rings. The summed E-state index contributed by atoms with van der Waals surface area (Å²) in [5.74, 6) is 1.28. The number of hydrogen-bond acceptors (Lipinski definition) is 3. The first-order valence-electron chi connectivity index (χ1n) is 10.7. The summed E-state index contributed by atoms with van der Waals surface area (Å²) >= 11 is 0. The predicted molar refractivity (Wildman–Crippen MR) is 122 cm³/mol. The normalized spacial score (nSPS) is 21.0. The van der Waals surface area contributed by atoms with Gasteiger partial charge in [0.1, 0.15) is 0 Å². The molecule has 0 unspecified atom stereocenters. The molecule has 1 atom stereocenters. The number of anilines is 1. The van der Waals surface area contributed by atoms with Crippen molar-refractivity contribution >= 4 is 11.6 Å². The van der Waals surface area contributed by atoms with Gasteiger partial charge < -0.3 is 14.4 Å². The van der Waals surface area contributed by atoms with Crippen LogP contribution in [0.2, 0.25) is 0 Å². The highest BCUT2D eigenvalue weighted by Gasteiger charge is 2.48. The van der Waals surface area contributed by atoms with E-state index in [1.807, 2.05) is 23.1 Å². The van der Waals surface area contributed by atoms with Crippen molar-refractivity contribution in [3.05, 3.63) is 89.0 Å².